The minimum atomic E-state index is -1.26. The molecule has 15 heavy (non-hydrogen) atoms. The van der Waals surface area contributed by atoms with Crippen LogP contribution in [0.3, 0.4) is 0 Å². The summed E-state index contributed by atoms with van der Waals surface area (Å²) in [5.41, 5.74) is 0. The van der Waals surface area contributed by atoms with Gasteiger partial charge in [-0.2, -0.15) is 0 Å². The summed E-state index contributed by atoms with van der Waals surface area (Å²) in [6.45, 7) is 2.18. The Labute approximate surface area is 91.9 Å². The molecule has 0 fully saturated rings. The van der Waals surface area contributed by atoms with Crippen molar-refractivity contribution in [2.45, 2.75) is 64.7 Å². The number of hydrogen-bond acceptors (Lipinski definition) is 3. The van der Waals surface area contributed by atoms with Crippen molar-refractivity contribution < 1.29 is 14.7 Å². The van der Waals surface area contributed by atoms with Crippen molar-refractivity contribution in [1.82, 2.24) is 0 Å². The molecule has 0 amide bonds. The molecule has 0 spiro atoms. The molecule has 0 saturated carbocycles. The van der Waals surface area contributed by atoms with Crippen LogP contribution in [-0.2, 0) is 9.59 Å². The molecule has 0 radical (unpaired) electrons. The lowest BCUT2D eigenvalue weighted by Crippen LogP contribution is -2.25. The van der Waals surface area contributed by atoms with E-state index in [-0.39, 0.29) is 5.78 Å². The number of carbonyl (C=O) groups excluding carboxylic acids is 2. The molecule has 88 valence electrons. The summed E-state index contributed by atoms with van der Waals surface area (Å²) in [5, 5.41) is 10.1. The number of carboxylic acid groups (broad SMARTS) is 1. The molecule has 3 nitrogen and oxygen atoms in total. The van der Waals surface area contributed by atoms with Crippen molar-refractivity contribution in [1.29, 1.82) is 0 Å². The third-order valence-electron chi connectivity index (χ3n) is 2.40. The van der Waals surface area contributed by atoms with Crippen molar-refractivity contribution in [3.05, 3.63) is 0 Å². The topological polar surface area (TPSA) is 57.2 Å². The SMILES string of the molecule is CCCCCCCCCC(=O)CC(=O)[O-]. The summed E-state index contributed by atoms with van der Waals surface area (Å²) < 4.78 is 0. The monoisotopic (exact) mass is 213 g/mol. The second-order valence-electron chi connectivity index (χ2n) is 3.96. The summed E-state index contributed by atoms with van der Waals surface area (Å²) in [6.07, 6.45) is 7.98. The predicted molar refractivity (Wildman–Crippen MR) is 57.2 cm³/mol. The zero-order valence-corrected chi connectivity index (χ0v) is 9.59. The Bertz CT molecular complexity index is 187. The first-order chi connectivity index (χ1) is 7.16. The van der Waals surface area contributed by atoms with Crippen molar-refractivity contribution in [3.8, 4) is 0 Å². The fourth-order valence-corrected chi connectivity index (χ4v) is 1.53. The van der Waals surface area contributed by atoms with E-state index in [1.54, 1.807) is 0 Å². The second kappa shape index (κ2) is 9.69. The fraction of sp³-hybridized carbons (Fsp3) is 0.833. The van der Waals surface area contributed by atoms with Crippen LogP contribution in [0.15, 0.2) is 0 Å². The lowest BCUT2D eigenvalue weighted by molar-refractivity contribution is -0.304. The smallest absolute Gasteiger partial charge is 0.138 e. The van der Waals surface area contributed by atoms with E-state index in [0.717, 1.165) is 19.3 Å². The molecule has 0 atom stereocenters. The molecule has 3 heteroatoms. The van der Waals surface area contributed by atoms with Gasteiger partial charge in [0.05, 0.1) is 0 Å². The summed E-state index contributed by atoms with van der Waals surface area (Å²) in [7, 11) is 0. The van der Waals surface area contributed by atoms with Gasteiger partial charge in [0.25, 0.3) is 0 Å². The summed E-state index contributed by atoms with van der Waals surface area (Å²) in [4.78, 5) is 21.1. The average Bonchev–Trinajstić information content (AvgIpc) is 2.15. The predicted octanol–water partition coefficient (Wildman–Crippen LogP) is 1.84. The van der Waals surface area contributed by atoms with Crippen LogP contribution in [-0.4, -0.2) is 11.8 Å². The third-order valence-corrected chi connectivity index (χ3v) is 2.40. The highest BCUT2D eigenvalue weighted by atomic mass is 16.4. The van der Waals surface area contributed by atoms with E-state index in [9.17, 15) is 14.7 Å². The number of Topliss-reactive ketones (excluding diaryl/α,β-unsaturated/α-hetero) is 1. The summed E-state index contributed by atoms with van der Waals surface area (Å²) in [6, 6.07) is 0. The Balaban J connectivity index is 3.16. The van der Waals surface area contributed by atoms with Gasteiger partial charge in [-0.3, -0.25) is 4.79 Å². The molecule has 0 aromatic heterocycles. The number of carbonyl (C=O) groups is 2. The van der Waals surface area contributed by atoms with E-state index in [0.29, 0.717) is 6.42 Å². The average molecular weight is 213 g/mol. The van der Waals surface area contributed by atoms with E-state index in [2.05, 4.69) is 6.92 Å². The van der Waals surface area contributed by atoms with E-state index < -0.39 is 12.4 Å². The molecule has 0 aliphatic heterocycles. The molecule has 0 aliphatic rings. The van der Waals surface area contributed by atoms with Gasteiger partial charge >= 0.3 is 0 Å². The Morgan fingerprint density at radius 2 is 1.47 bits per heavy atom. The molecule has 0 aromatic carbocycles. The van der Waals surface area contributed by atoms with Crippen molar-refractivity contribution in [2.24, 2.45) is 0 Å². The van der Waals surface area contributed by atoms with Gasteiger partial charge in [-0.1, -0.05) is 45.4 Å². The fourth-order valence-electron chi connectivity index (χ4n) is 1.53. The minimum Gasteiger partial charge on any atom is -0.550 e. The van der Waals surface area contributed by atoms with Gasteiger partial charge in [-0.15, -0.1) is 0 Å². The van der Waals surface area contributed by atoms with E-state index in [1.807, 2.05) is 0 Å². The van der Waals surface area contributed by atoms with Crippen LogP contribution >= 0.6 is 0 Å². The third kappa shape index (κ3) is 11.1. The summed E-state index contributed by atoms with van der Waals surface area (Å²) >= 11 is 0. The normalized spacial score (nSPS) is 10.2. The molecular formula is C12H21O3-. The summed E-state index contributed by atoms with van der Waals surface area (Å²) in [5.74, 6) is -1.47. The van der Waals surface area contributed by atoms with Gasteiger partial charge in [0.1, 0.15) is 5.78 Å². The molecule has 0 unspecified atom stereocenters. The van der Waals surface area contributed by atoms with Gasteiger partial charge in [0.2, 0.25) is 0 Å². The molecular weight excluding hydrogens is 192 g/mol. The Kier molecular flexibility index (Phi) is 9.13. The highest BCUT2D eigenvalue weighted by Gasteiger charge is 2.01. The Morgan fingerprint density at radius 3 is 2.00 bits per heavy atom. The maximum Gasteiger partial charge on any atom is 0.138 e. The van der Waals surface area contributed by atoms with Crippen LogP contribution in [0.4, 0.5) is 0 Å². The largest absolute Gasteiger partial charge is 0.550 e. The van der Waals surface area contributed by atoms with E-state index in [1.165, 1.54) is 25.7 Å². The van der Waals surface area contributed by atoms with Crippen molar-refractivity contribution in [2.75, 3.05) is 0 Å². The minimum absolute atomic E-state index is 0.205. The molecule has 0 bridgehead atoms. The zero-order valence-electron chi connectivity index (χ0n) is 9.59. The van der Waals surface area contributed by atoms with Crippen LogP contribution in [0, 0.1) is 0 Å². The van der Waals surface area contributed by atoms with Gasteiger partial charge in [0.15, 0.2) is 0 Å². The van der Waals surface area contributed by atoms with Crippen LogP contribution < -0.4 is 5.11 Å². The molecule has 0 rings (SSSR count). The van der Waals surface area contributed by atoms with Gasteiger partial charge in [-0.25, -0.2) is 0 Å². The quantitative estimate of drug-likeness (QED) is 0.411. The zero-order chi connectivity index (χ0) is 11.5. The number of unbranched alkanes of at least 4 members (excludes halogenated alkanes) is 6. The van der Waals surface area contributed by atoms with E-state index in [4.69, 9.17) is 0 Å². The first-order valence-corrected chi connectivity index (χ1v) is 5.88. The van der Waals surface area contributed by atoms with Gasteiger partial charge < -0.3 is 9.90 Å². The molecule has 0 saturated heterocycles. The van der Waals surface area contributed by atoms with Crippen LogP contribution in [0.25, 0.3) is 0 Å². The van der Waals surface area contributed by atoms with Gasteiger partial charge in [-0.05, 0) is 6.42 Å². The van der Waals surface area contributed by atoms with Crippen molar-refractivity contribution in [3.63, 3.8) is 0 Å². The number of ketones is 1. The highest BCUT2D eigenvalue weighted by molar-refractivity contribution is 5.93. The number of rotatable bonds is 10. The molecule has 0 heterocycles. The molecule has 0 aliphatic carbocycles. The maximum atomic E-state index is 11.0. The van der Waals surface area contributed by atoms with Crippen LogP contribution in [0.2, 0.25) is 0 Å². The number of hydrogen-bond donors (Lipinski definition) is 0. The second-order valence-corrected chi connectivity index (χ2v) is 3.96. The molecule has 0 aromatic rings. The van der Waals surface area contributed by atoms with Crippen LogP contribution in [0.1, 0.15) is 64.7 Å². The van der Waals surface area contributed by atoms with Gasteiger partial charge in [0, 0.05) is 18.8 Å². The lowest BCUT2D eigenvalue weighted by Gasteiger charge is -2.02. The standard InChI is InChI=1S/C12H22O3/c1-2-3-4-5-6-7-8-9-11(13)10-12(14)15/h2-10H2,1H3,(H,14,15)/p-1. The highest BCUT2D eigenvalue weighted by Crippen LogP contribution is 2.08. The first kappa shape index (κ1) is 14.1. The van der Waals surface area contributed by atoms with E-state index >= 15 is 0 Å². The lowest BCUT2D eigenvalue weighted by atomic mass is 10.1. The molecule has 0 N–H and O–H groups in total. The Morgan fingerprint density at radius 1 is 0.933 bits per heavy atom. The van der Waals surface area contributed by atoms with Crippen LogP contribution in [0.5, 0.6) is 0 Å². The first-order valence-electron chi connectivity index (χ1n) is 5.88. The maximum absolute atomic E-state index is 11.0. The number of aliphatic carboxylic acids is 1. The van der Waals surface area contributed by atoms with Crippen molar-refractivity contribution >= 4 is 11.8 Å². The Hall–Kier alpha value is -0.860. The number of carboxylic acids is 1.